The molecule has 0 spiro atoms. The predicted molar refractivity (Wildman–Crippen MR) is 117 cm³/mol. The van der Waals surface area contributed by atoms with E-state index in [0.29, 0.717) is 17.1 Å². The van der Waals surface area contributed by atoms with Crippen LogP contribution in [-0.2, 0) is 16.1 Å². The number of hydrogen-bond donors (Lipinski definition) is 2. The highest BCUT2D eigenvalue weighted by Gasteiger charge is 2.21. The van der Waals surface area contributed by atoms with Crippen molar-refractivity contribution in [2.75, 3.05) is 11.9 Å². The zero-order valence-corrected chi connectivity index (χ0v) is 17.3. The molecule has 1 heterocycles. The zero-order valence-electron chi connectivity index (χ0n) is 16.5. The van der Waals surface area contributed by atoms with Crippen LogP contribution in [0.5, 0.6) is 0 Å². The van der Waals surface area contributed by atoms with Gasteiger partial charge in [-0.15, -0.1) is 11.3 Å². The summed E-state index contributed by atoms with van der Waals surface area (Å²) in [7, 11) is 0. The number of rotatable bonds is 8. The number of carbonyl (C=O) groups is 2. The first-order valence-corrected chi connectivity index (χ1v) is 10.3. The van der Waals surface area contributed by atoms with Gasteiger partial charge in [0.15, 0.2) is 0 Å². The Morgan fingerprint density at radius 3 is 2.34 bits per heavy atom. The average molecular weight is 409 g/mol. The van der Waals surface area contributed by atoms with E-state index < -0.39 is 12.0 Å². The smallest absolute Gasteiger partial charge is 0.341 e. The molecule has 3 rings (SSSR count). The number of amides is 1. The van der Waals surface area contributed by atoms with Gasteiger partial charge in [-0.25, -0.2) is 4.79 Å². The molecule has 0 saturated heterocycles. The summed E-state index contributed by atoms with van der Waals surface area (Å²) in [5.41, 5.74) is 2.46. The highest BCUT2D eigenvalue weighted by molar-refractivity contribution is 7.20. The number of hydrogen-bond acceptors (Lipinski definition) is 5. The molecule has 0 bridgehead atoms. The van der Waals surface area contributed by atoms with Crippen molar-refractivity contribution in [1.82, 2.24) is 5.32 Å². The monoisotopic (exact) mass is 408 g/mol. The van der Waals surface area contributed by atoms with Crippen LogP contribution in [0.25, 0.3) is 10.4 Å². The van der Waals surface area contributed by atoms with Crippen LogP contribution in [0.15, 0.2) is 66.7 Å². The van der Waals surface area contributed by atoms with Crippen LogP contribution < -0.4 is 10.6 Å². The Hall–Kier alpha value is -2.96. The van der Waals surface area contributed by atoms with E-state index in [1.165, 1.54) is 11.3 Å². The summed E-state index contributed by atoms with van der Waals surface area (Å²) in [5.74, 6) is -0.640. The van der Waals surface area contributed by atoms with Crippen LogP contribution >= 0.6 is 11.3 Å². The Bertz CT molecular complexity index is 955. The van der Waals surface area contributed by atoms with Crippen LogP contribution in [0.1, 0.15) is 29.8 Å². The fourth-order valence-electron chi connectivity index (χ4n) is 2.77. The van der Waals surface area contributed by atoms with E-state index in [9.17, 15) is 9.59 Å². The number of carbonyl (C=O) groups excluding carboxylic acids is 2. The van der Waals surface area contributed by atoms with E-state index in [1.807, 2.05) is 60.7 Å². The van der Waals surface area contributed by atoms with Gasteiger partial charge in [-0.05, 0) is 31.0 Å². The van der Waals surface area contributed by atoms with Gasteiger partial charge in [0, 0.05) is 11.4 Å². The Labute approximate surface area is 174 Å². The number of anilines is 1. The average Bonchev–Trinajstić information content (AvgIpc) is 3.17. The molecule has 3 aromatic rings. The molecule has 0 aliphatic rings. The Balaban J connectivity index is 1.74. The summed E-state index contributed by atoms with van der Waals surface area (Å²) in [6.07, 6.45) is 0. The van der Waals surface area contributed by atoms with Gasteiger partial charge >= 0.3 is 5.97 Å². The van der Waals surface area contributed by atoms with E-state index in [0.717, 1.165) is 16.0 Å². The maximum absolute atomic E-state index is 12.7. The Kier molecular flexibility index (Phi) is 7.16. The number of benzene rings is 2. The molecular weight excluding hydrogens is 384 g/mol. The Morgan fingerprint density at radius 2 is 1.69 bits per heavy atom. The fraction of sp³-hybridized carbons (Fsp3) is 0.217. The van der Waals surface area contributed by atoms with E-state index >= 15 is 0 Å². The quantitative estimate of drug-likeness (QED) is 0.530. The highest BCUT2D eigenvalue weighted by atomic mass is 32.1. The summed E-state index contributed by atoms with van der Waals surface area (Å²) in [6, 6.07) is 21.0. The normalized spacial score (nSPS) is 11.7. The van der Waals surface area contributed by atoms with Gasteiger partial charge in [0.2, 0.25) is 5.91 Å². The van der Waals surface area contributed by atoms with Crippen molar-refractivity contribution in [2.45, 2.75) is 26.4 Å². The second-order valence-corrected chi connectivity index (χ2v) is 7.57. The van der Waals surface area contributed by atoms with Crippen LogP contribution in [0.4, 0.5) is 5.00 Å². The van der Waals surface area contributed by atoms with Gasteiger partial charge in [-0.1, -0.05) is 60.7 Å². The maximum Gasteiger partial charge on any atom is 0.341 e. The van der Waals surface area contributed by atoms with Crippen molar-refractivity contribution in [2.24, 2.45) is 0 Å². The summed E-state index contributed by atoms with van der Waals surface area (Å²) in [5, 5.41) is 6.60. The lowest BCUT2D eigenvalue weighted by Gasteiger charge is -2.14. The first-order valence-electron chi connectivity index (χ1n) is 9.53. The summed E-state index contributed by atoms with van der Waals surface area (Å²) in [6.45, 7) is 4.42. The summed E-state index contributed by atoms with van der Waals surface area (Å²) in [4.78, 5) is 26.0. The molecule has 0 unspecified atom stereocenters. The second-order valence-electron chi connectivity index (χ2n) is 6.52. The molecule has 29 heavy (non-hydrogen) atoms. The van der Waals surface area contributed by atoms with Gasteiger partial charge in [-0.2, -0.15) is 0 Å². The molecule has 2 N–H and O–H groups in total. The molecule has 1 atom stereocenters. The third-order valence-electron chi connectivity index (χ3n) is 4.37. The third kappa shape index (κ3) is 5.53. The van der Waals surface area contributed by atoms with Crippen molar-refractivity contribution >= 4 is 28.2 Å². The van der Waals surface area contributed by atoms with Crippen molar-refractivity contribution < 1.29 is 14.3 Å². The van der Waals surface area contributed by atoms with E-state index in [-0.39, 0.29) is 12.5 Å². The fourth-order valence-corrected chi connectivity index (χ4v) is 3.82. The first-order chi connectivity index (χ1) is 14.1. The van der Waals surface area contributed by atoms with Crippen molar-refractivity contribution in [3.05, 3.63) is 77.9 Å². The molecule has 150 valence electrons. The Morgan fingerprint density at radius 1 is 1.03 bits per heavy atom. The van der Waals surface area contributed by atoms with Crippen molar-refractivity contribution in [3.8, 4) is 10.4 Å². The lowest BCUT2D eigenvalue weighted by atomic mass is 10.1. The van der Waals surface area contributed by atoms with Crippen LogP contribution in [0, 0.1) is 0 Å². The number of nitrogens with one attached hydrogen (secondary N) is 2. The molecule has 2 aromatic carbocycles. The number of ether oxygens (including phenoxy) is 1. The standard InChI is InChI=1S/C23H24N2O3S/c1-3-28-23(27)19-14-20(18-12-8-5-9-13-18)29-22(19)25-21(26)16(2)24-15-17-10-6-4-7-11-17/h4-14,16,24H,3,15H2,1-2H3,(H,25,26)/t16-/m0/s1. The minimum atomic E-state index is -0.439. The van der Waals surface area contributed by atoms with E-state index in [2.05, 4.69) is 10.6 Å². The molecule has 0 aliphatic carbocycles. The zero-order chi connectivity index (χ0) is 20.6. The van der Waals surface area contributed by atoms with Crippen molar-refractivity contribution in [1.29, 1.82) is 0 Å². The molecule has 0 aliphatic heterocycles. The number of thiophene rings is 1. The lowest BCUT2D eigenvalue weighted by molar-refractivity contribution is -0.117. The molecule has 5 nitrogen and oxygen atoms in total. The van der Waals surface area contributed by atoms with Gasteiger partial charge in [0.05, 0.1) is 18.2 Å². The second kappa shape index (κ2) is 10.0. The number of esters is 1. The van der Waals surface area contributed by atoms with Crippen LogP contribution in [0.2, 0.25) is 0 Å². The largest absolute Gasteiger partial charge is 0.462 e. The van der Waals surface area contributed by atoms with Gasteiger partial charge in [-0.3, -0.25) is 4.79 Å². The maximum atomic E-state index is 12.7. The molecule has 0 saturated carbocycles. The van der Waals surface area contributed by atoms with Gasteiger partial charge < -0.3 is 15.4 Å². The van der Waals surface area contributed by atoms with Crippen LogP contribution in [-0.4, -0.2) is 24.5 Å². The van der Waals surface area contributed by atoms with Gasteiger partial charge in [0.25, 0.3) is 0 Å². The minimum absolute atomic E-state index is 0.201. The van der Waals surface area contributed by atoms with E-state index in [4.69, 9.17) is 4.74 Å². The lowest BCUT2D eigenvalue weighted by Crippen LogP contribution is -2.37. The van der Waals surface area contributed by atoms with Gasteiger partial charge in [0.1, 0.15) is 5.00 Å². The predicted octanol–water partition coefficient (Wildman–Crippen LogP) is 4.71. The molecule has 1 amide bonds. The first kappa shape index (κ1) is 20.8. The minimum Gasteiger partial charge on any atom is -0.462 e. The molecule has 0 radical (unpaired) electrons. The molecule has 1 aromatic heterocycles. The SMILES string of the molecule is CCOC(=O)c1cc(-c2ccccc2)sc1NC(=O)[C@H](C)NCc1ccccc1. The summed E-state index contributed by atoms with van der Waals surface area (Å²) >= 11 is 1.37. The van der Waals surface area contributed by atoms with Crippen molar-refractivity contribution in [3.63, 3.8) is 0 Å². The van der Waals surface area contributed by atoms with E-state index in [1.54, 1.807) is 19.9 Å². The molecule has 6 heteroatoms. The molecule has 0 fully saturated rings. The third-order valence-corrected chi connectivity index (χ3v) is 5.47. The van der Waals surface area contributed by atoms with Crippen LogP contribution in [0.3, 0.4) is 0 Å². The molecular formula is C23H24N2O3S. The summed E-state index contributed by atoms with van der Waals surface area (Å²) < 4.78 is 5.17. The topological polar surface area (TPSA) is 67.4 Å². The highest BCUT2D eigenvalue weighted by Crippen LogP contribution is 2.36.